The zero-order chi connectivity index (χ0) is 13.9. The van der Waals surface area contributed by atoms with E-state index in [1.165, 1.54) is 32.1 Å². The van der Waals surface area contributed by atoms with Gasteiger partial charge in [0.1, 0.15) is 0 Å². The molecule has 5 heteroatoms. The maximum Gasteiger partial charge on any atom is 0.233 e. The van der Waals surface area contributed by atoms with Crippen molar-refractivity contribution in [1.29, 1.82) is 0 Å². The summed E-state index contributed by atoms with van der Waals surface area (Å²) in [4.78, 5) is 13.4. The smallest absolute Gasteiger partial charge is 0.233 e. The van der Waals surface area contributed by atoms with Crippen LogP contribution in [0.15, 0.2) is 0 Å². The molecule has 0 radical (unpaired) electrons. The molecule has 1 amide bonds. The lowest BCUT2D eigenvalue weighted by atomic mass is 9.94. The Labute approximate surface area is 116 Å². The van der Waals surface area contributed by atoms with Gasteiger partial charge in [-0.2, -0.15) is 0 Å². The summed E-state index contributed by atoms with van der Waals surface area (Å²) in [6.07, 6.45) is 10.1. The van der Waals surface area contributed by atoms with Crippen LogP contribution in [0.2, 0.25) is 0 Å². The summed E-state index contributed by atoms with van der Waals surface area (Å²) in [5, 5.41) is 9.17. The molecular formula is C14H29N3O2. The van der Waals surface area contributed by atoms with Crippen LogP contribution in [0.3, 0.4) is 0 Å². The van der Waals surface area contributed by atoms with E-state index in [1.807, 2.05) is 0 Å². The van der Waals surface area contributed by atoms with Crippen molar-refractivity contribution in [3.05, 3.63) is 0 Å². The van der Waals surface area contributed by atoms with Crippen molar-refractivity contribution in [2.45, 2.75) is 63.8 Å². The number of hydrazine groups is 1. The lowest BCUT2D eigenvalue weighted by Gasteiger charge is -2.34. The van der Waals surface area contributed by atoms with Gasteiger partial charge in [0, 0.05) is 19.0 Å². The highest BCUT2D eigenvalue weighted by atomic mass is 16.3. The van der Waals surface area contributed by atoms with E-state index in [9.17, 15) is 4.79 Å². The number of unbranched alkanes of at least 4 members (excludes halogenated alkanes) is 2. The Morgan fingerprint density at radius 2 is 1.89 bits per heavy atom. The van der Waals surface area contributed by atoms with Crippen molar-refractivity contribution >= 4 is 5.91 Å². The van der Waals surface area contributed by atoms with Gasteiger partial charge in [-0.1, -0.05) is 25.7 Å². The van der Waals surface area contributed by atoms with Gasteiger partial charge in [-0.15, -0.1) is 0 Å². The van der Waals surface area contributed by atoms with E-state index >= 15 is 0 Å². The maximum absolute atomic E-state index is 11.0. The molecule has 5 nitrogen and oxygen atoms in total. The molecule has 0 spiro atoms. The Bertz CT molecular complexity index is 243. The number of carbonyl (C=O) groups excluding carboxylic acids is 1. The number of hydrogen-bond acceptors (Lipinski definition) is 4. The summed E-state index contributed by atoms with van der Waals surface area (Å²) < 4.78 is 0. The van der Waals surface area contributed by atoms with E-state index in [2.05, 4.69) is 10.3 Å². The first-order valence-electron chi connectivity index (χ1n) is 7.62. The highest BCUT2D eigenvalue weighted by Gasteiger charge is 2.19. The molecule has 112 valence electrons. The van der Waals surface area contributed by atoms with E-state index in [4.69, 9.17) is 10.9 Å². The average Bonchev–Trinajstić information content (AvgIpc) is 2.46. The number of nitrogens with zero attached hydrogens (tertiary/aromatic N) is 1. The first-order chi connectivity index (χ1) is 9.27. The van der Waals surface area contributed by atoms with Crippen molar-refractivity contribution in [2.24, 2.45) is 5.84 Å². The first kappa shape index (κ1) is 16.4. The van der Waals surface area contributed by atoms with Gasteiger partial charge in [-0.3, -0.25) is 15.1 Å². The second-order valence-electron chi connectivity index (χ2n) is 5.43. The molecule has 0 unspecified atom stereocenters. The summed E-state index contributed by atoms with van der Waals surface area (Å²) in [5.74, 6) is 4.95. The molecule has 1 saturated carbocycles. The fraction of sp³-hybridized carbons (Fsp3) is 0.929. The minimum atomic E-state index is -0.0838. The molecular weight excluding hydrogens is 242 g/mol. The van der Waals surface area contributed by atoms with Crippen molar-refractivity contribution in [3.63, 3.8) is 0 Å². The molecule has 1 rings (SSSR count). The van der Waals surface area contributed by atoms with Gasteiger partial charge < -0.3 is 5.11 Å². The summed E-state index contributed by atoms with van der Waals surface area (Å²) in [5.41, 5.74) is 2.15. The summed E-state index contributed by atoms with van der Waals surface area (Å²) in [6, 6.07) is 0.660. The lowest BCUT2D eigenvalue weighted by molar-refractivity contribution is -0.121. The largest absolute Gasteiger partial charge is 0.395 e. The zero-order valence-corrected chi connectivity index (χ0v) is 11.9. The maximum atomic E-state index is 11.0. The molecule has 0 heterocycles. The zero-order valence-electron chi connectivity index (χ0n) is 11.9. The molecule has 19 heavy (non-hydrogen) atoms. The Kier molecular flexibility index (Phi) is 8.79. The molecule has 0 aromatic heterocycles. The second kappa shape index (κ2) is 10.2. The van der Waals surface area contributed by atoms with Gasteiger partial charge >= 0.3 is 0 Å². The van der Waals surface area contributed by atoms with Gasteiger partial charge in [0.05, 0.1) is 6.61 Å². The quantitative estimate of drug-likeness (QED) is 0.254. The average molecular weight is 271 g/mol. The molecule has 0 aromatic carbocycles. The SMILES string of the molecule is NNC(=O)CCCCCN(CCO)C1CCCCC1. The number of rotatable bonds is 9. The molecule has 4 N–H and O–H groups in total. The molecule has 1 fully saturated rings. The van der Waals surface area contributed by atoms with Crippen LogP contribution >= 0.6 is 0 Å². The van der Waals surface area contributed by atoms with E-state index < -0.39 is 0 Å². The van der Waals surface area contributed by atoms with Crippen LogP contribution in [0.1, 0.15) is 57.8 Å². The van der Waals surface area contributed by atoms with Gasteiger partial charge in [0.15, 0.2) is 0 Å². The van der Waals surface area contributed by atoms with Gasteiger partial charge in [0.25, 0.3) is 0 Å². The van der Waals surface area contributed by atoms with Crippen molar-refractivity contribution in [2.75, 3.05) is 19.7 Å². The highest BCUT2D eigenvalue weighted by molar-refractivity contribution is 5.74. The van der Waals surface area contributed by atoms with Crippen molar-refractivity contribution < 1.29 is 9.90 Å². The summed E-state index contributed by atoms with van der Waals surface area (Å²) in [7, 11) is 0. The predicted octanol–water partition coefficient (Wildman–Crippen LogP) is 1.16. The van der Waals surface area contributed by atoms with E-state index in [1.54, 1.807) is 0 Å². The Hall–Kier alpha value is -0.650. The number of amides is 1. The third-order valence-corrected chi connectivity index (χ3v) is 3.99. The Balaban J connectivity index is 2.16. The number of aliphatic hydroxyl groups is 1. The minimum absolute atomic E-state index is 0.0838. The van der Waals surface area contributed by atoms with Crippen molar-refractivity contribution in [3.8, 4) is 0 Å². The topological polar surface area (TPSA) is 78.6 Å². The molecule has 1 aliphatic carbocycles. The Morgan fingerprint density at radius 3 is 2.53 bits per heavy atom. The molecule has 1 aliphatic rings. The number of carbonyl (C=O) groups is 1. The van der Waals surface area contributed by atoms with E-state index in [0.29, 0.717) is 12.5 Å². The van der Waals surface area contributed by atoms with Crippen LogP contribution in [0.25, 0.3) is 0 Å². The van der Waals surface area contributed by atoms with Gasteiger partial charge in [-0.25, -0.2) is 5.84 Å². The highest BCUT2D eigenvalue weighted by Crippen LogP contribution is 2.22. The normalized spacial score (nSPS) is 16.8. The molecule has 0 aromatic rings. The van der Waals surface area contributed by atoms with Crippen LogP contribution in [0.5, 0.6) is 0 Å². The number of aliphatic hydroxyl groups excluding tert-OH is 1. The van der Waals surface area contributed by atoms with Crippen molar-refractivity contribution in [1.82, 2.24) is 10.3 Å². The van der Waals surface area contributed by atoms with E-state index in [0.717, 1.165) is 32.4 Å². The summed E-state index contributed by atoms with van der Waals surface area (Å²) in [6.45, 7) is 2.06. The predicted molar refractivity (Wildman–Crippen MR) is 76.3 cm³/mol. The lowest BCUT2D eigenvalue weighted by Crippen LogP contribution is -2.39. The Morgan fingerprint density at radius 1 is 1.16 bits per heavy atom. The van der Waals surface area contributed by atoms with E-state index in [-0.39, 0.29) is 12.5 Å². The van der Waals surface area contributed by atoms with Crippen LogP contribution < -0.4 is 11.3 Å². The summed E-state index contributed by atoms with van der Waals surface area (Å²) >= 11 is 0. The molecule has 0 atom stereocenters. The van der Waals surface area contributed by atoms with Crippen LogP contribution in [0.4, 0.5) is 0 Å². The number of hydrogen-bond donors (Lipinski definition) is 3. The minimum Gasteiger partial charge on any atom is -0.395 e. The van der Waals surface area contributed by atoms with Gasteiger partial charge in [0.2, 0.25) is 5.91 Å². The standard InChI is InChI=1S/C14H29N3O2/c15-16-14(19)9-5-2-6-10-17(11-12-18)13-7-3-1-4-8-13/h13,18H,1-12,15H2,(H,16,19). The molecule has 0 bridgehead atoms. The number of nitrogens with one attached hydrogen (secondary N) is 1. The van der Waals surface area contributed by atoms with Crippen LogP contribution in [-0.2, 0) is 4.79 Å². The third-order valence-electron chi connectivity index (χ3n) is 3.99. The molecule has 0 saturated heterocycles. The number of nitrogens with two attached hydrogens (primary N) is 1. The first-order valence-corrected chi connectivity index (χ1v) is 7.62. The monoisotopic (exact) mass is 271 g/mol. The van der Waals surface area contributed by atoms with Gasteiger partial charge in [-0.05, 0) is 32.2 Å². The fourth-order valence-corrected chi connectivity index (χ4v) is 2.90. The fourth-order valence-electron chi connectivity index (χ4n) is 2.90. The molecule has 0 aliphatic heterocycles. The van der Waals surface area contributed by atoms with Crippen LogP contribution in [-0.4, -0.2) is 41.7 Å². The van der Waals surface area contributed by atoms with Crippen LogP contribution in [0, 0.1) is 0 Å². The second-order valence-corrected chi connectivity index (χ2v) is 5.43. The third kappa shape index (κ3) is 6.89.